The van der Waals surface area contributed by atoms with Crippen LogP contribution >= 0.6 is 0 Å². The zero-order chi connectivity index (χ0) is 49.6. The van der Waals surface area contributed by atoms with E-state index in [1.807, 2.05) is 0 Å². The summed E-state index contributed by atoms with van der Waals surface area (Å²) in [6, 6.07) is 0. The molecular weight excluding hydrogens is 1190 g/mol. The van der Waals surface area contributed by atoms with Crippen LogP contribution in [0.15, 0.2) is 0 Å². The Hall–Kier alpha value is 2.00. The van der Waals surface area contributed by atoms with E-state index in [1.165, 1.54) is 279 Å². The van der Waals surface area contributed by atoms with E-state index in [-0.39, 0.29) is 0 Å². The van der Waals surface area contributed by atoms with Gasteiger partial charge in [0.25, 0.3) is 0 Å². The predicted octanol–water partition coefficient (Wildman–Crippen LogP) is 19.3. The van der Waals surface area contributed by atoms with Gasteiger partial charge in [0.05, 0.1) is 0 Å². The predicted molar refractivity (Wildman–Crippen MR) is 310 cm³/mol. The van der Waals surface area contributed by atoms with Crippen LogP contribution in [-0.4, -0.2) is 81.5 Å². The maximum absolute atomic E-state index is 13.3. The van der Waals surface area contributed by atoms with Gasteiger partial charge in [-0.2, -0.15) is 0 Å². The zero-order valence-electron chi connectivity index (χ0n) is 46.6. The third-order valence-corrected chi connectivity index (χ3v) is 102. The molecule has 7 nitrogen and oxygen atoms in total. The second-order valence-electron chi connectivity index (χ2n) is 28.8. The molecule has 3 atom stereocenters. The van der Waals surface area contributed by atoms with Gasteiger partial charge in [0, 0.05) is 0 Å². The molecule has 0 aromatic heterocycles. The Labute approximate surface area is 460 Å². The molecule has 10 aliphatic carbocycles. The van der Waals surface area contributed by atoms with Gasteiger partial charge in [-0.3, -0.25) is 0 Å². The SMILES string of the molecule is O=S(=O)(O)C1CCC([Si]2(C3CCCCC3)O[Si](C3CCCCC3)(C3CCCCC3)O[Si]3([O][Sn]([CH]4CCCCC4)([CH]4CCCCC4)[CH2][Sn]([CH]4CCCCC4)([CH]4CCCCC4)[O]2)C2CCCCC24CCCCC43)CC1. The molecule has 13 heteroatoms. The van der Waals surface area contributed by atoms with E-state index in [9.17, 15) is 26.7 Å². The molecule has 73 heavy (non-hydrogen) atoms. The Morgan fingerprint density at radius 3 is 1.01 bits per heavy atom. The maximum atomic E-state index is 13.3. The molecule has 416 valence electrons. The summed E-state index contributed by atoms with van der Waals surface area (Å²) in [5.74, 6) is 0. The molecule has 1 N–H and O–H groups in total. The molecule has 0 aromatic carbocycles. The molecule has 3 unspecified atom stereocenters. The first-order valence-corrected chi connectivity index (χ1v) is 53.8. The summed E-state index contributed by atoms with van der Waals surface area (Å²) in [5, 5.41) is -0.633. The molecule has 2 saturated heterocycles. The molecule has 2 heterocycles. The van der Waals surface area contributed by atoms with Crippen LogP contribution in [0.25, 0.3) is 0 Å². The van der Waals surface area contributed by atoms with Crippen molar-refractivity contribution in [3.63, 3.8) is 0 Å². The van der Waals surface area contributed by atoms with E-state index in [0.717, 1.165) is 28.6 Å². The average Bonchev–Trinajstić information content (AvgIpc) is 3.45. The van der Waals surface area contributed by atoms with Crippen molar-refractivity contribution >= 4 is 73.4 Å². The summed E-state index contributed by atoms with van der Waals surface area (Å²) in [6.45, 7) is 0. The summed E-state index contributed by atoms with van der Waals surface area (Å²) in [4.78, 5) is 0. The monoisotopic (exact) mass is 1300 g/mol. The summed E-state index contributed by atoms with van der Waals surface area (Å²) in [6.07, 6.45) is 62.7. The van der Waals surface area contributed by atoms with E-state index in [1.54, 1.807) is 0 Å². The molecule has 2 spiro atoms. The van der Waals surface area contributed by atoms with Gasteiger partial charge in [0.2, 0.25) is 0 Å². The Balaban J connectivity index is 1.18. The van der Waals surface area contributed by atoms with E-state index >= 15 is 0 Å². The number of fused-ring (bicyclic) bond motifs is 2. The number of hydrogen-bond donors (Lipinski definition) is 1. The van der Waals surface area contributed by atoms with Gasteiger partial charge in [0.1, 0.15) is 0 Å². The van der Waals surface area contributed by atoms with E-state index < -0.39 is 78.6 Å². The van der Waals surface area contributed by atoms with Gasteiger partial charge >= 0.3 is 464 Å². The minimum atomic E-state index is -4.11. The molecule has 12 rings (SSSR count). The molecule has 0 amide bonds. The van der Waals surface area contributed by atoms with E-state index in [4.69, 9.17) is 0 Å². The standard InChI is InChI=1S/C35H62O7SSi3.4C6H11.CH2.2Sn/c36-43(37,38)28-22-24-30(25-23-28)44(39,29-14-4-1-5-15-29)41-46(31-16-6-2-7-17-31,32-18-8-3-9-19-32)42-45(40)33-20-10-12-26-35(33)27-13-11-21-34(35)45;4*1-2-4-6-5-3-1;;;/h28-34H,1-27H2,(H,36,37,38);4*1H,2-6H2;1H2;;/q-2;;;;;;2*+1. The third kappa shape index (κ3) is 10.4. The van der Waals surface area contributed by atoms with Crippen LogP contribution in [0.1, 0.15) is 302 Å². The van der Waals surface area contributed by atoms with Crippen molar-refractivity contribution < 1.29 is 26.7 Å². The Morgan fingerprint density at radius 2 is 0.644 bits per heavy atom. The van der Waals surface area contributed by atoms with Gasteiger partial charge in [-0.15, -0.1) is 0 Å². The summed E-state index contributed by atoms with van der Waals surface area (Å²) in [5.41, 5.74) is 3.70. The summed E-state index contributed by atoms with van der Waals surface area (Å²) in [7, 11) is -13.5. The second-order valence-corrected chi connectivity index (χ2v) is 73.0. The molecular formula is C60H108O7SSi3Sn2. The Kier molecular flexibility index (Phi) is 18.0. The fourth-order valence-electron chi connectivity index (χ4n) is 22.1. The normalized spacial score (nSPS) is 40.8. The average molecular weight is 1300 g/mol. The van der Waals surface area contributed by atoms with Crippen molar-refractivity contribution in [1.82, 2.24) is 0 Å². The molecule has 10 saturated carbocycles. The van der Waals surface area contributed by atoms with Crippen molar-refractivity contribution in [3.8, 4) is 0 Å². The van der Waals surface area contributed by atoms with Crippen molar-refractivity contribution in [2.45, 2.75) is 358 Å². The summed E-state index contributed by atoms with van der Waals surface area (Å²) >= 11 is -8.01. The van der Waals surface area contributed by atoms with Crippen molar-refractivity contribution in [2.75, 3.05) is 0 Å². The number of rotatable bonds is 9. The third-order valence-electron chi connectivity index (χ3n) is 25.4. The van der Waals surface area contributed by atoms with Crippen LogP contribution in [0.4, 0.5) is 0 Å². The van der Waals surface area contributed by atoms with Gasteiger partial charge in [-0.25, -0.2) is 0 Å². The topological polar surface area (TPSA) is 91.3 Å². The van der Waals surface area contributed by atoms with Gasteiger partial charge in [0.15, 0.2) is 0 Å². The van der Waals surface area contributed by atoms with Crippen LogP contribution < -0.4 is 0 Å². The van der Waals surface area contributed by atoms with Gasteiger partial charge in [-0.05, 0) is 0 Å². The van der Waals surface area contributed by atoms with Crippen LogP contribution in [0.2, 0.25) is 51.4 Å². The molecule has 2 aliphatic heterocycles. The molecule has 12 fully saturated rings. The molecule has 0 aromatic rings. The number of hydrogen-bond acceptors (Lipinski definition) is 6. The summed E-state index contributed by atoms with van der Waals surface area (Å²) < 4.78 is 81.5. The van der Waals surface area contributed by atoms with Gasteiger partial charge in [-0.1, -0.05) is 0 Å². The van der Waals surface area contributed by atoms with Crippen LogP contribution in [0.5, 0.6) is 0 Å². The van der Waals surface area contributed by atoms with Crippen LogP contribution in [0.3, 0.4) is 0 Å². The first-order chi connectivity index (χ1) is 35.7. The fourth-order valence-corrected chi connectivity index (χ4v) is 143. The van der Waals surface area contributed by atoms with E-state index in [0.29, 0.717) is 51.5 Å². The zero-order valence-corrected chi connectivity index (χ0v) is 56.1. The van der Waals surface area contributed by atoms with E-state index in [2.05, 4.69) is 0 Å². The Bertz CT molecular complexity index is 1840. The van der Waals surface area contributed by atoms with Crippen LogP contribution in [-0.2, 0) is 23.9 Å². The first-order valence-electron chi connectivity index (χ1n) is 33.4. The molecule has 0 bridgehead atoms. The van der Waals surface area contributed by atoms with Crippen LogP contribution in [0, 0.1) is 5.41 Å². The van der Waals surface area contributed by atoms with Crippen molar-refractivity contribution in [1.29, 1.82) is 0 Å². The van der Waals surface area contributed by atoms with Crippen molar-refractivity contribution in [2.24, 2.45) is 5.41 Å². The fraction of sp³-hybridized carbons (Fsp3) is 1.00. The minimum absolute atomic E-state index is 0.316. The Morgan fingerprint density at radius 1 is 0.342 bits per heavy atom. The quantitative estimate of drug-likeness (QED) is 0.182. The molecule has 12 aliphatic rings. The molecule has 0 radical (unpaired) electrons. The first kappa shape index (κ1) is 55.5. The van der Waals surface area contributed by atoms with Crippen molar-refractivity contribution in [3.05, 3.63) is 0 Å². The second kappa shape index (κ2) is 23.7. The van der Waals surface area contributed by atoms with Gasteiger partial charge < -0.3 is 0 Å².